The molecule has 3 rings (SSSR count). The van der Waals surface area contributed by atoms with E-state index in [1.165, 1.54) is 19.3 Å². The third-order valence-electron chi connectivity index (χ3n) is 4.18. The van der Waals surface area contributed by atoms with E-state index in [0.717, 1.165) is 17.8 Å². The van der Waals surface area contributed by atoms with Gasteiger partial charge in [-0.15, -0.1) is 0 Å². The summed E-state index contributed by atoms with van der Waals surface area (Å²) >= 11 is 0. The first kappa shape index (κ1) is 6.94. The molecule has 0 aromatic rings. The second kappa shape index (κ2) is 2.04. The van der Waals surface area contributed by atoms with Crippen LogP contribution >= 0.6 is 0 Å². The zero-order chi connectivity index (χ0) is 8.18. The van der Waals surface area contributed by atoms with Crippen LogP contribution in [0.25, 0.3) is 0 Å². The third-order valence-corrected chi connectivity index (χ3v) is 4.18. The maximum atomic E-state index is 2.48. The first-order valence-corrected chi connectivity index (χ1v) is 5.16. The van der Waals surface area contributed by atoms with Crippen LogP contribution in [0.5, 0.6) is 0 Å². The van der Waals surface area contributed by atoms with Crippen LogP contribution in [0.2, 0.25) is 0 Å². The molecule has 0 radical (unpaired) electrons. The second-order valence-corrected chi connectivity index (χ2v) is 4.93. The third kappa shape index (κ3) is 0.688. The van der Waals surface area contributed by atoms with Gasteiger partial charge < -0.3 is 0 Å². The number of hydrogen-bond donors (Lipinski definition) is 0. The maximum absolute atomic E-state index is 2.48. The highest BCUT2D eigenvalue weighted by atomic mass is 14.5. The average Bonchev–Trinajstić information content (AvgIpc) is 2.60. The Morgan fingerprint density at radius 2 is 2.25 bits per heavy atom. The molecule has 12 heavy (non-hydrogen) atoms. The molecule has 3 aliphatic rings. The summed E-state index contributed by atoms with van der Waals surface area (Å²) in [7, 11) is 0. The van der Waals surface area contributed by atoms with Crippen LogP contribution in [0, 0.1) is 23.2 Å². The van der Waals surface area contributed by atoms with E-state index in [0.29, 0.717) is 5.41 Å². The summed E-state index contributed by atoms with van der Waals surface area (Å²) in [4.78, 5) is 0. The molecular weight excluding hydrogens is 144 g/mol. The molecule has 4 unspecified atom stereocenters. The highest BCUT2D eigenvalue weighted by Gasteiger charge is 2.50. The van der Waals surface area contributed by atoms with Crippen molar-refractivity contribution in [2.75, 3.05) is 0 Å². The highest BCUT2D eigenvalue weighted by molar-refractivity contribution is 5.24. The first-order valence-electron chi connectivity index (χ1n) is 5.16. The van der Waals surface area contributed by atoms with E-state index in [2.05, 4.69) is 31.2 Å². The zero-order valence-corrected chi connectivity index (χ0v) is 7.66. The minimum absolute atomic E-state index is 0.534. The largest absolute Gasteiger partial charge is 0.0882 e. The fourth-order valence-corrected chi connectivity index (χ4v) is 3.57. The van der Waals surface area contributed by atoms with Crippen LogP contribution in [0.15, 0.2) is 24.3 Å². The molecule has 0 aromatic heterocycles. The van der Waals surface area contributed by atoms with E-state index in [-0.39, 0.29) is 0 Å². The summed E-state index contributed by atoms with van der Waals surface area (Å²) in [6.07, 6.45) is 14.0. The topological polar surface area (TPSA) is 0 Å². The van der Waals surface area contributed by atoms with E-state index in [9.17, 15) is 0 Å². The predicted octanol–water partition coefficient (Wildman–Crippen LogP) is 3.16. The Morgan fingerprint density at radius 1 is 1.33 bits per heavy atom. The second-order valence-electron chi connectivity index (χ2n) is 4.93. The lowest BCUT2D eigenvalue weighted by molar-refractivity contribution is 0.275. The zero-order valence-electron chi connectivity index (χ0n) is 7.66. The van der Waals surface area contributed by atoms with Gasteiger partial charge >= 0.3 is 0 Å². The van der Waals surface area contributed by atoms with Gasteiger partial charge in [-0.1, -0.05) is 31.2 Å². The van der Waals surface area contributed by atoms with Crippen LogP contribution < -0.4 is 0 Å². The van der Waals surface area contributed by atoms with Crippen LogP contribution in [0.4, 0.5) is 0 Å². The summed E-state index contributed by atoms with van der Waals surface area (Å²) in [5.41, 5.74) is 0.534. The number of hydrogen-bond acceptors (Lipinski definition) is 0. The van der Waals surface area contributed by atoms with Crippen LogP contribution in [0.1, 0.15) is 26.2 Å². The van der Waals surface area contributed by atoms with Gasteiger partial charge in [0.15, 0.2) is 0 Å². The molecule has 0 N–H and O–H groups in total. The summed E-state index contributed by atoms with van der Waals surface area (Å²) in [5, 5.41) is 0. The first-order chi connectivity index (χ1) is 5.80. The molecule has 0 saturated heterocycles. The van der Waals surface area contributed by atoms with Gasteiger partial charge in [0.1, 0.15) is 0 Å². The van der Waals surface area contributed by atoms with Crippen molar-refractivity contribution in [1.82, 2.24) is 0 Å². The lowest BCUT2D eigenvalue weighted by Crippen LogP contribution is -2.25. The molecule has 4 atom stereocenters. The van der Waals surface area contributed by atoms with Gasteiger partial charge in [0.2, 0.25) is 0 Å². The number of rotatable bonds is 0. The van der Waals surface area contributed by atoms with Crippen molar-refractivity contribution in [3.63, 3.8) is 0 Å². The van der Waals surface area contributed by atoms with E-state index in [1.54, 1.807) is 0 Å². The normalized spacial score (nSPS) is 54.6. The summed E-state index contributed by atoms with van der Waals surface area (Å²) in [5.74, 6) is 2.79. The molecule has 0 nitrogen and oxygen atoms in total. The van der Waals surface area contributed by atoms with Gasteiger partial charge in [-0.05, 0) is 42.4 Å². The van der Waals surface area contributed by atoms with Gasteiger partial charge in [0.05, 0.1) is 0 Å². The molecule has 1 fully saturated rings. The Hall–Kier alpha value is -0.520. The van der Waals surface area contributed by atoms with Gasteiger partial charge in [0, 0.05) is 0 Å². The van der Waals surface area contributed by atoms with Gasteiger partial charge in [0.25, 0.3) is 0 Å². The molecule has 0 heteroatoms. The monoisotopic (exact) mass is 160 g/mol. The minimum Gasteiger partial charge on any atom is -0.0882 e. The molecule has 2 bridgehead atoms. The summed E-state index contributed by atoms with van der Waals surface area (Å²) < 4.78 is 0. The molecular formula is C12H16. The fourth-order valence-electron chi connectivity index (χ4n) is 3.57. The van der Waals surface area contributed by atoms with Crippen molar-refractivity contribution in [3.8, 4) is 0 Å². The Kier molecular flexibility index (Phi) is 1.18. The van der Waals surface area contributed by atoms with Crippen molar-refractivity contribution in [1.29, 1.82) is 0 Å². The maximum Gasteiger partial charge on any atom is -0.00751 e. The van der Waals surface area contributed by atoms with E-state index < -0.39 is 0 Å². The number of allylic oxidation sites excluding steroid dienone is 4. The van der Waals surface area contributed by atoms with E-state index in [1.807, 2.05) is 0 Å². The SMILES string of the molecule is CC12C=CC(C1)C1CCC=CC12. The summed E-state index contributed by atoms with van der Waals surface area (Å²) in [6.45, 7) is 2.43. The van der Waals surface area contributed by atoms with E-state index >= 15 is 0 Å². The van der Waals surface area contributed by atoms with Gasteiger partial charge in [-0.2, -0.15) is 0 Å². The van der Waals surface area contributed by atoms with Crippen molar-refractivity contribution in [2.45, 2.75) is 26.2 Å². The Bertz CT molecular complexity index is 261. The van der Waals surface area contributed by atoms with Crippen molar-refractivity contribution in [2.24, 2.45) is 23.2 Å². The van der Waals surface area contributed by atoms with Gasteiger partial charge in [-0.25, -0.2) is 0 Å². The minimum atomic E-state index is 0.534. The standard InChI is InChI=1S/C12H16/c1-12-7-6-9(8-12)10-4-2-3-5-11(10)12/h3,5-7,9-11H,2,4,8H2,1H3. The predicted molar refractivity (Wildman–Crippen MR) is 50.7 cm³/mol. The Balaban J connectivity index is 2.05. The number of fused-ring (bicyclic) bond motifs is 5. The summed E-state index contributed by atoms with van der Waals surface area (Å²) in [6, 6.07) is 0. The Labute approximate surface area is 74.4 Å². The molecule has 0 spiro atoms. The Morgan fingerprint density at radius 3 is 3.08 bits per heavy atom. The van der Waals surface area contributed by atoms with Crippen LogP contribution in [-0.4, -0.2) is 0 Å². The molecule has 0 aliphatic heterocycles. The molecule has 64 valence electrons. The average molecular weight is 160 g/mol. The molecule has 0 amide bonds. The van der Waals surface area contributed by atoms with E-state index in [4.69, 9.17) is 0 Å². The molecule has 0 heterocycles. The van der Waals surface area contributed by atoms with Crippen LogP contribution in [-0.2, 0) is 0 Å². The lowest BCUT2D eigenvalue weighted by atomic mass is 9.71. The van der Waals surface area contributed by atoms with Crippen molar-refractivity contribution < 1.29 is 0 Å². The smallest absolute Gasteiger partial charge is 0.00751 e. The molecule has 3 aliphatic carbocycles. The van der Waals surface area contributed by atoms with Crippen molar-refractivity contribution in [3.05, 3.63) is 24.3 Å². The van der Waals surface area contributed by atoms with Gasteiger partial charge in [-0.3, -0.25) is 0 Å². The molecule has 0 aromatic carbocycles. The fraction of sp³-hybridized carbons (Fsp3) is 0.667. The quantitative estimate of drug-likeness (QED) is 0.477. The lowest BCUT2D eigenvalue weighted by Gasteiger charge is -2.33. The van der Waals surface area contributed by atoms with Crippen molar-refractivity contribution >= 4 is 0 Å². The van der Waals surface area contributed by atoms with Crippen LogP contribution in [0.3, 0.4) is 0 Å². The highest BCUT2D eigenvalue weighted by Crippen LogP contribution is 2.59. The molecule has 1 saturated carbocycles.